The van der Waals surface area contributed by atoms with Gasteiger partial charge in [0.05, 0.1) is 18.6 Å². The monoisotopic (exact) mass is 243 g/mol. The second kappa shape index (κ2) is 5.87. The van der Waals surface area contributed by atoms with Crippen molar-refractivity contribution in [2.75, 3.05) is 7.05 Å². The Balaban J connectivity index is 2.46. The zero-order valence-corrected chi connectivity index (χ0v) is 11.4. The number of rotatable bonds is 5. The summed E-state index contributed by atoms with van der Waals surface area (Å²) in [4.78, 5) is 0. The van der Waals surface area contributed by atoms with Gasteiger partial charge in [0.25, 0.3) is 0 Å². The second-order valence-electron chi connectivity index (χ2n) is 4.52. The third-order valence-electron chi connectivity index (χ3n) is 3.48. The van der Waals surface area contributed by atoms with E-state index in [4.69, 9.17) is 4.42 Å². The summed E-state index contributed by atoms with van der Waals surface area (Å²) >= 11 is 0. The van der Waals surface area contributed by atoms with E-state index in [0.717, 1.165) is 12.8 Å². The number of furan rings is 1. The molecule has 1 aromatic carbocycles. The highest BCUT2D eigenvalue weighted by molar-refractivity contribution is 5.39. The molecule has 1 aromatic heterocycles. The lowest BCUT2D eigenvalue weighted by Crippen LogP contribution is -2.18. The standard InChI is InChI=1S/C16H21NO/c1-4-12-6-7-13(5-2)15(10-12)16(17-3)14-8-9-18-11-14/h6-11,16-17H,4-5H2,1-3H3. The van der Waals surface area contributed by atoms with E-state index < -0.39 is 0 Å². The van der Waals surface area contributed by atoms with E-state index in [0.29, 0.717) is 0 Å². The average Bonchev–Trinajstić information content (AvgIpc) is 2.93. The number of hydrogen-bond acceptors (Lipinski definition) is 2. The van der Waals surface area contributed by atoms with Gasteiger partial charge < -0.3 is 9.73 Å². The number of hydrogen-bond donors (Lipinski definition) is 1. The van der Waals surface area contributed by atoms with Crippen molar-refractivity contribution in [2.24, 2.45) is 0 Å². The van der Waals surface area contributed by atoms with Crippen LogP contribution in [-0.2, 0) is 12.8 Å². The maximum Gasteiger partial charge on any atom is 0.0953 e. The van der Waals surface area contributed by atoms with Crippen molar-refractivity contribution in [1.82, 2.24) is 5.32 Å². The van der Waals surface area contributed by atoms with E-state index in [1.165, 1.54) is 22.3 Å². The minimum Gasteiger partial charge on any atom is -0.472 e. The molecule has 0 aliphatic rings. The molecule has 0 aliphatic heterocycles. The van der Waals surface area contributed by atoms with E-state index in [1.54, 1.807) is 6.26 Å². The van der Waals surface area contributed by atoms with E-state index in [1.807, 2.05) is 19.4 Å². The maximum atomic E-state index is 5.21. The summed E-state index contributed by atoms with van der Waals surface area (Å²) in [6.45, 7) is 4.39. The lowest BCUT2D eigenvalue weighted by Gasteiger charge is -2.19. The molecule has 0 saturated heterocycles. The van der Waals surface area contributed by atoms with Crippen LogP contribution >= 0.6 is 0 Å². The Bertz CT molecular complexity index is 488. The van der Waals surface area contributed by atoms with E-state index in [9.17, 15) is 0 Å². The van der Waals surface area contributed by atoms with Gasteiger partial charge in [-0.15, -0.1) is 0 Å². The molecule has 1 atom stereocenters. The fourth-order valence-corrected chi connectivity index (χ4v) is 2.40. The largest absolute Gasteiger partial charge is 0.472 e. The van der Waals surface area contributed by atoms with Crippen LogP contribution in [0.5, 0.6) is 0 Å². The number of aryl methyl sites for hydroxylation is 2. The summed E-state index contributed by atoms with van der Waals surface area (Å²) in [6, 6.07) is 9.03. The second-order valence-corrected chi connectivity index (χ2v) is 4.52. The lowest BCUT2D eigenvalue weighted by molar-refractivity contribution is 0.557. The number of nitrogens with one attached hydrogen (secondary N) is 1. The minimum atomic E-state index is 0.213. The van der Waals surface area contributed by atoms with Crippen LogP contribution in [-0.4, -0.2) is 7.05 Å². The molecule has 0 aliphatic carbocycles. The Morgan fingerprint density at radius 1 is 1.17 bits per heavy atom. The first-order chi connectivity index (χ1) is 8.80. The quantitative estimate of drug-likeness (QED) is 0.866. The van der Waals surface area contributed by atoms with Crippen molar-refractivity contribution in [3.8, 4) is 0 Å². The van der Waals surface area contributed by atoms with Crippen LogP contribution in [0, 0.1) is 0 Å². The molecule has 0 bridgehead atoms. The van der Waals surface area contributed by atoms with E-state index in [2.05, 4.69) is 37.4 Å². The highest BCUT2D eigenvalue weighted by Gasteiger charge is 2.16. The van der Waals surface area contributed by atoms with Crippen LogP contribution in [0.25, 0.3) is 0 Å². The van der Waals surface area contributed by atoms with Crippen molar-refractivity contribution >= 4 is 0 Å². The van der Waals surface area contributed by atoms with Gasteiger partial charge in [0.2, 0.25) is 0 Å². The summed E-state index contributed by atoms with van der Waals surface area (Å²) in [5.41, 5.74) is 5.32. The van der Waals surface area contributed by atoms with E-state index in [-0.39, 0.29) is 6.04 Å². The van der Waals surface area contributed by atoms with Crippen LogP contribution < -0.4 is 5.32 Å². The summed E-state index contributed by atoms with van der Waals surface area (Å²) in [6.07, 6.45) is 5.67. The Morgan fingerprint density at radius 2 is 2.00 bits per heavy atom. The summed E-state index contributed by atoms with van der Waals surface area (Å²) in [5, 5.41) is 3.39. The van der Waals surface area contributed by atoms with Crippen LogP contribution in [0.2, 0.25) is 0 Å². The highest BCUT2D eigenvalue weighted by Crippen LogP contribution is 2.27. The first-order valence-electron chi connectivity index (χ1n) is 6.61. The Labute approximate surface area is 109 Å². The van der Waals surface area contributed by atoms with Crippen molar-refractivity contribution in [3.05, 3.63) is 59.0 Å². The molecule has 1 unspecified atom stereocenters. The fraction of sp³-hybridized carbons (Fsp3) is 0.375. The molecule has 2 aromatic rings. The first kappa shape index (κ1) is 12.9. The Hall–Kier alpha value is -1.54. The maximum absolute atomic E-state index is 5.21. The highest BCUT2D eigenvalue weighted by atomic mass is 16.3. The average molecular weight is 243 g/mol. The Morgan fingerprint density at radius 3 is 2.56 bits per heavy atom. The van der Waals surface area contributed by atoms with Crippen molar-refractivity contribution < 1.29 is 4.42 Å². The number of benzene rings is 1. The zero-order valence-electron chi connectivity index (χ0n) is 11.4. The third-order valence-corrected chi connectivity index (χ3v) is 3.48. The Kier molecular flexibility index (Phi) is 4.21. The van der Waals surface area contributed by atoms with Gasteiger partial charge in [-0.25, -0.2) is 0 Å². The first-order valence-corrected chi connectivity index (χ1v) is 6.61. The zero-order chi connectivity index (χ0) is 13.0. The molecule has 0 saturated carbocycles. The molecule has 0 spiro atoms. The van der Waals surface area contributed by atoms with Gasteiger partial charge in [-0.05, 0) is 42.6 Å². The normalized spacial score (nSPS) is 12.6. The van der Waals surface area contributed by atoms with Crippen molar-refractivity contribution in [3.63, 3.8) is 0 Å². The van der Waals surface area contributed by atoms with Crippen molar-refractivity contribution in [1.29, 1.82) is 0 Å². The molecular formula is C16H21NO. The van der Waals surface area contributed by atoms with Crippen molar-refractivity contribution in [2.45, 2.75) is 32.7 Å². The van der Waals surface area contributed by atoms with Gasteiger partial charge in [-0.3, -0.25) is 0 Å². The van der Waals surface area contributed by atoms with Gasteiger partial charge >= 0.3 is 0 Å². The molecule has 2 heteroatoms. The SMILES string of the molecule is CCc1ccc(CC)c(C(NC)c2ccoc2)c1. The smallest absolute Gasteiger partial charge is 0.0953 e. The topological polar surface area (TPSA) is 25.2 Å². The summed E-state index contributed by atoms with van der Waals surface area (Å²) in [5.74, 6) is 0. The molecule has 2 rings (SSSR count). The van der Waals surface area contributed by atoms with Crippen LogP contribution in [0.1, 0.15) is 42.1 Å². The fourth-order valence-electron chi connectivity index (χ4n) is 2.40. The van der Waals surface area contributed by atoms with Crippen LogP contribution in [0.4, 0.5) is 0 Å². The van der Waals surface area contributed by atoms with Gasteiger partial charge in [-0.2, -0.15) is 0 Å². The molecule has 1 N–H and O–H groups in total. The predicted molar refractivity (Wildman–Crippen MR) is 74.8 cm³/mol. The molecule has 1 heterocycles. The van der Waals surface area contributed by atoms with Gasteiger partial charge in [0, 0.05) is 5.56 Å². The molecule has 18 heavy (non-hydrogen) atoms. The predicted octanol–water partition coefficient (Wildman–Crippen LogP) is 3.71. The molecular weight excluding hydrogens is 222 g/mol. The third kappa shape index (κ3) is 2.49. The minimum absolute atomic E-state index is 0.213. The molecule has 2 nitrogen and oxygen atoms in total. The van der Waals surface area contributed by atoms with Crippen LogP contribution in [0.15, 0.2) is 41.2 Å². The molecule has 0 radical (unpaired) electrons. The van der Waals surface area contributed by atoms with Crippen LogP contribution in [0.3, 0.4) is 0 Å². The summed E-state index contributed by atoms with van der Waals surface area (Å²) < 4.78 is 5.21. The molecule has 96 valence electrons. The summed E-state index contributed by atoms with van der Waals surface area (Å²) in [7, 11) is 2.00. The van der Waals surface area contributed by atoms with Gasteiger partial charge in [0.15, 0.2) is 0 Å². The molecule has 0 fully saturated rings. The lowest BCUT2D eigenvalue weighted by atomic mass is 9.92. The van der Waals surface area contributed by atoms with E-state index >= 15 is 0 Å². The molecule has 0 amide bonds. The van der Waals surface area contributed by atoms with Gasteiger partial charge in [0.1, 0.15) is 0 Å². The van der Waals surface area contributed by atoms with Gasteiger partial charge in [-0.1, -0.05) is 32.0 Å².